The number of hydrogen-bond donors (Lipinski definition) is 0. The van der Waals surface area contributed by atoms with Crippen LogP contribution >= 0.6 is 0 Å². The Bertz CT molecular complexity index is 736. The van der Waals surface area contributed by atoms with Gasteiger partial charge in [-0.2, -0.15) is 8.42 Å². The van der Waals surface area contributed by atoms with Crippen LogP contribution in [0.15, 0.2) is 53.4 Å². The maximum absolute atomic E-state index is 12.1. The molecule has 0 spiro atoms. The summed E-state index contributed by atoms with van der Waals surface area (Å²) in [5.74, 6) is 0.850. The van der Waals surface area contributed by atoms with Gasteiger partial charge in [-0.05, 0) is 56.0 Å². The summed E-state index contributed by atoms with van der Waals surface area (Å²) in [5.41, 5.74) is 2.12. The first-order valence-corrected chi connectivity index (χ1v) is 9.60. The quantitative estimate of drug-likeness (QED) is 0.505. The van der Waals surface area contributed by atoms with Crippen molar-refractivity contribution in [2.45, 2.75) is 38.0 Å². The maximum Gasteiger partial charge on any atom is 0.296 e. The molecule has 0 radical (unpaired) electrons. The molecular formula is C19H24O4S. The number of hydrogen-bond acceptors (Lipinski definition) is 4. The van der Waals surface area contributed by atoms with Crippen LogP contribution in [-0.4, -0.2) is 21.6 Å². The van der Waals surface area contributed by atoms with Crippen molar-refractivity contribution < 1.29 is 17.3 Å². The van der Waals surface area contributed by atoms with Gasteiger partial charge in [0.25, 0.3) is 10.1 Å². The highest BCUT2D eigenvalue weighted by Gasteiger charge is 2.14. The van der Waals surface area contributed by atoms with Crippen LogP contribution in [-0.2, 0) is 20.7 Å². The van der Waals surface area contributed by atoms with E-state index in [1.807, 2.05) is 31.2 Å². The molecule has 2 aromatic rings. The van der Waals surface area contributed by atoms with E-state index in [1.54, 1.807) is 24.3 Å². The van der Waals surface area contributed by atoms with Crippen LogP contribution in [0.2, 0.25) is 0 Å². The second-order valence-corrected chi connectivity index (χ2v) is 7.30. The molecule has 2 aromatic carbocycles. The van der Waals surface area contributed by atoms with Gasteiger partial charge in [0.05, 0.1) is 18.1 Å². The van der Waals surface area contributed by atoms with E-state index in [0.29, 0.717) is 13.0 Å². The molecule has 0 fully saturated rings. The Morgan fingerprint density at radius 3 is 2.46 bits per heavy atom. The third-order valence-electron chi connectivity index (χ3n) is 3.53. The van der Waals surface area contributed by atoms with Crippen molar-refractivity contribution in [1.82, 2.24) is 0 Å². The second-order valence-electron chi connectivity index (χ2n) is 5.69. The van der Waals surface area contributed by atoms with Gasteiger partial charge in [0.15, 0.2) is 0 Å². The molecule has 24 heavy (non-hydrogen) atoms. The Hall–Kier alpha value is -1.85. The number of ether oxygens (including phenoxy) is 1. The zero-order chi connectivity index (χ0) is 17.4. The van der Waals surface area contributed by atoms with E-state index in [0.717, 1.165) is 29.7 Å². The minimum atomic E-state index is -3.68. The summed E-state index contributed by atoms with van der Waals surface area (Å²) in [6, 6.07) is 14.5. The van der Waals surface area contributed by atoms with E-state index in [1.165, 1.54) is 0 Å². The minimum absolute atomic E-state index is 0.163. The van der Waals surface area contributed by atoms with Crippen LogP contribution in [0.4, 0.5) is 0 Å². The highest BCUT2D eigenvalue weighted by atomic mass is 32.2. The standard InChI is InChI=1S/C19H24O4S/c1-3-13-22-18-8-4-6-17(15-18)7-5-14-23-24(20,21)19-11-9-16(2)10-12-19/h4,6,8-12,15H,3,5,7,13-14H2,1-2H3. The Morgan fingerprint density at radius 2 is 1.75 bits per heavy atom. The highest BCUT2D eigenvalue weighted by molar-refractivity contribution is 7.86. The fourth-order valence-electron chi connectivity index (χ4n) is 2.23. The Balaban J connectivity index is 1.83. The molecule has 0 aromatic heterocycles. The second kappa shape index (κ2) is 8.85. The van der Waals surface area contributed by atoms with Crippen LogP contribution in [0.1, 0.15) is 30.9 Å². The van der Waals surface area contributed by atoms with Crippen molar-refractivity contribution in [3.05, 3.63) is 59.7 Å². The lowest BCUT2D eigenvalue weighted by Gasteiger charge is -2.08. The summed E-state index contributed by atoms with van der Waals surface area (Å²) in [4.78, 5) is 0.197. The zero-order valence-electron chi connectivity index (χ0n) is 14.2. The normalized spacial score (nSPS) is 11.4. The van der Waals surface area contributed by atoms with Crippen LogP contribution in [0.3, 0.4) is 0 Å². The fraction of sp³-hybridized carbons (Fsp3) is 0.368. The Kier molecular flexibility index (Phi) is 6.82. The van der Waals surface area contributed by atoms with Crippen molar-refractivity contribution >= 4 is 10.1 Å². The Labute approximate surface area is 144 Å². The van der Waals surface area contributed by atoms with E-state index in [2.05, 4.69) is 6.92 Å². The lowest BCUT2D eigenvalue weighted by molar-refractivity contribution is 0.310. The van der Waals surface area contributed by atoms with Gasteiger partial charge in [-0.15, -0.1) is 0 Å². The predicted molar refractivity (Wildman–Crippen MR) is 94.9 cm³/mol. The van der Waals surface area contributed by atoms with E-state index >= 15 is 0 Å². The van der Waals surface area contributed by atoms with Crippen LogP contribution < -0.4 is 4.74 Å². The van der Waals surface area contributed by atoms with E-state index in [4.69, 9.17) is 8.92 Å². The summed E-state index contributed by atoms with van der Waals surface area (Å²) >= 11 is 0. The van der Waals surface area contributed by atoms with Gasteiger partial charge in [-0.1, -0.05) is 36.8 Å². The van der Waals surface area contributed by atoms with Crippen molar-refractivity contribution in [3.8, 4) is 5.75 Å². The topological polar surface area (TPSA) is 52.6 Å². The van der Waals surface area contributed by atoms with E-state index < -0.39 is 10.1 Å². The molecule has 0 aliphatic heterocycles. The fourth-order valence-corrected chi connectivity index (χ4v) is 3.17. The average molecular weight is 348 g/mol. The first-order chi connectivity index (χ1) is 11.5. The van der Waals surface area contributed by atoms with Crippen molar-refractivity contribution in [2.24, 2.45) is 0 Å². The maximum atomic E-state index is 12.1. The molecule has 130 valence electrons. The van der Waals surface area contributed by atoms with Gasteiger partial charge in [0.1, 0.15) is 5.75 Å². The van der Waals surface area contributed by atoms with Gasteiger partial charge in [0, 0.05) is 0 Å². The molecule has 0 bridgehead atoms. The third-order valence-corrected chi connectivity index (χ3v) is 4.86. The predicted octanol–water partition coefficient (Wildman–Crippen LogP) is 4.12. The van der Waals surface area contributed by atoms with Gasteiger partial charge in [-0.25, -0.2) is 0 Å². The highest BCUT2D eigenvalue weighted by Crippen LogP contribution is 2.16. The summed E-state index contributed by atoms with van der Waals surface area (Å²) < 4.78 is 34.9. The molecule has 0 saturated heterocycles. The molecule has 2 rings (SSSR count). The number of rotatable bonds is 9. The third kappa shape index (κ3) is 5.65. The summed E-state index contributed by atoms with van der Waals surface area (Å²) in [6.45, 7) is 4.84. The SMILES string of the molecule is CCCOc1cccc(CCCOS(=O)(=O)c2ccc(C)cc2)c1. The van der Waals surface area contributed by atoms with Gasteiger partial charge < -0.3 is 4.74 Å². The lowest BCUT2D eigenvalue weighted by Crippen LogP contribution is -2.08. The van der Waals surface area contributed by atoms with Crippen molar-refractivity contribution in [2.75, 3.05) is 13.2 Å². The number of aryl methyl sites for hydroxylation is 2. The molecule has 0 unspecified atom stereocenters. The molecule has 0 atom stereocenters. The summed E-state index contributed by atoms with van der Waals surface area (Å²) in [6.07, 6.45) is 2.34. The number of benzene rings is 2. The largest absolute Gasteiger partial charge is 0.494 e. The van der Waals surface area contributed by atoms with Crippen LogP contribution in [0.25, 0.3) is 0 Å². The molecule has 0 aliphatic carbocycles. The smallest absolute Gasteiger partial charge is 0.296 e. The molecule has 0 N–H and O–H groups in total. The van der Waals surface area contributed by atoms with Crippen LogP contribution in [0, 0.1) is 6.92 Å². The molecule has 0 aliphatic rings. The average Bonchev–Trinajstić information content (AvgIpc) is 2.58. The van der Waals surface area contributed by atoms with Gasteiger partial charge in [-0.3, -0.25) is 4.18 Å². The van der Waals surface area contributed by atoms with E-state index in [9.17, 15) is 8.42 Å². The van der Waals surface area contributed by atoms with Crippen molar-refractivity contribution in [1.29, 1.82) is 0 Å². The minimum Gasteiger partial charge on any atom is -0.494 e. The molecule has 0 saturated carbocycles. The molecule has 4 nitrogen and oxygen atoms in total. The van der Waals surface area contributed by atoms with Gasteiger partial charge in [0.2, 0.25) is 0 Å². The monoisotopic (exact) mass is 348 g/mol. The summed E-state index contributed by atoms with van der Waals surface area (Å²) in [7, 11) is -3.68. The lowest BCUT2D eigenvalue weighted by atomic mass is 10.1. The zero-order valence-corrected chi connectivity index (χ0v) is 15.0. The molecule has 0 heterocycles. The summed E-state index contributed by atoms with van der Waals surface area (Å²) in [5, 5.41) is 0. The molecule has 5 heteroatoms. The van der Waals surface area contributed by atoms with Crippen LogP contribution in [0.5, 0.6) is 5.75 Å². The van der Waals surface area contributed by atoms with Crippen molar-refractivity contribution in [3.63, 3.8) is 0 Å². The molecular weight excluding hydrogens is 324 g/mol. The first-order valence-electron chi connectivity index (χ1n) is 8.19. The molecule has 0 amide bonds. The van der Waals surface area contributed by atoms with Gasteiger partial charge >= 0.3 is 0 Å². The Morgan fingerprint density at radius 1 is 1.00 bits per heavy atom. The first kappa shape index (κ1) is 18.5. The van der Waals surface area contributed by atoms with E-state index in [-0.39, 0.29) is 11.5 Å².